The largest absolute Gasteiger partial charge is 0.435 e. The molecule has 2 atom stereocenters. The van der Waals surface area contributed by atoms with Crippen molar-refractivity contribution in [1.82, 2.24) is 4.90 Å². The molecule has 4 heteroatoms. The molecular weight excluding hydrogens is 248 g/mol. The summed E-state index contributed by atoms with van der Waals surface area (Å²) in [6.45, 7) is -2.75. The van der Waals surface area contributed by atoms with E-state index >= 15 is 0 Å². The van der Waals surface area contributed by atoms with Crippen molar-refractivity contribution in [3.63, 3.8) is 0 Å². The van der Waals surface area contributed by atoms with Gasteiger partial charge >= 0.3 is 6.61 Å². The number of nitrogens with zero attached hydrogens (tertiary/aromatic N) is 1. The fourth-order valence-electron chi connectivity index (χ4n) is 2.88. The number of hydrogen-bond acceptors (Lipinski definition) is 2. The van der Waals surface area contributed by atoms with Gasteiger partial charge in [-0.15, -0.1) is 0 Å². The number of rotatable bonds is 4. The first-order valence-electron chi connectivity index (χ1n) is 6.77. The van der Waals surface area contributed by atoms with Crippen molar-refractivity contribution < 1.29 is 13.5 Å². The second kappa shape index (κ2) is 6.33. The standard InChI is InChI=1S/C15H21F2NO/c1-18(2)13-7-3-5-11(9-13)12-6-4-8-14(10-12)19-15(16)17/h4,6,8,10-11,13,15H,3,5,7,9H2,1-2H3/t11-,13+/m0/s1. The highest BCUT2D eigenvalue weighted by molar-refractivity contribution is 5.31. The summed E-state index contributed by atoms with van der Waals surface area (Å²) in [7, 11) is 4.20. The SMILES string of the molecule is CN(C)[C@@H]1CCC[C@H](c2cccc(OC(F)F)c2)C1. The Kier molecular flexibility index (Phi) is 4.75. The van der Waals surface area contributed by atoms with Crippen LogP contribution in [0.25, 0.3) is 0 Å². The molecule has 0 saturated heterocycles. The Hall–Kier alpha value is -1.16. The van der Waals surface area contributed by atoms with Crippen molar-refractivity contribution in [1.29, 1.82) is 0 Å². The van der Waals surface area contributed by atoms with E-state index in [1.54, 1.807) is 18.2 Å². The third-order valence-corrected chi connectivity index (χ3v) is 3.93. The van der Waals surface area contributed by atoms with Crippen molar-refractivity contribution >= 4 is 0 Å². The predicted octanol–water partition coefficient (Wildman–Crippen LogP) is 3.88. The fraction of sp³-hybridized carbons (Fsp3) is 0.600. The monoisotopic (exact) mass is 269 g/mol. The molecule has 1 saturated carbocycles. The van der Waals surface area contributed by atoms with E-state index in [9.17, 15) is 8.78 Å². The van der Waals surface area contributed by atoms with Crippen molar-refractivity contribution in [3.8, 4) is 5.75 Å². The van der Waals surface area contributed by atoms with Gasteiger partial charge < -0.3 is 9.64 Å². The van der Waals surface area contributed by atoms with Crippen molar-refractivity contribution in [2.75, 3.05) is 14.1 Å². The van der Waals surface area contributed by atoms with Crippen molar-refractivity contribution in [2.24, 2.45) is 0 Å². The zero-order chi connectivity index (χ0) is 13.8. The molecule has 1 fully saturated rings. The molecule has 106 valence electrons. The van der Waals surface area contributed by atoms with Crippen LogP contribution in [0, 0.1) is 0 Å². The molecule has 0 heterocycles. The topological polar surface area (TPSA) is 12.5 Å². The Balaban J connectivity index is 2.08. The summed E-state index contributed by atoms with van der Waals surface area (Å²) < 4.78 is 28.9. The quantitative estimate of drug-likeness (QED) is 0.822. The summed E-state index contributed by atoms with van der Waals surface area (Å²) in [4.78, 5) is 2.26. The lowest BCUT2D eigenvalue weighted by molar-refractivity contribution is -0.0499. The number of benzene rings is 1. The predicted molar refractivity (Wildman–Crippen MR) is 71.8 cm³/mol. The van der Waals surface area contributed by atoms with Crippen LogP contribution in [0.3, 0.4) is 0 Å². The smallest absolute Gasteiger partial charge is 0.387 e. The lowest BCUT2D eigenvalue weighted by atomic mass is 9.81. The molecule has 0 aromatic heterocycles. The third kappa shape index (κ3) is 3.90. The fourth-order valence-corrected chi connectivity index (χ4v) is 2.88. The highest BCUT2D eigenvalue weighted by Gasteiger charge is 2.24. The molecular formula is C15H21F2NO. The van der Waals surface area contributed by atoms with E-state index in [2.05, 4.69) is 23.7 Å². The summed E-state index contributed by atoms with van der Waals surface area (Å²) in [5.41, 5.74) is 1.12. The minimum absolute atomic E-state index is 0.263. The first-order chi connectivity index (χ1) is 9.06. The van der Waals surface area contributed by atoms with Gasteiger partial charge in [0.05, 0.1) is 0 Å². The summed E-state index contributed by atoms with van der Waals surface area (Å²) in [5.74, 6) is 0.710. The van der Waals surface area contributed by atoms with Gasteiger partial charge in [-0.05, 0) is 57.0 Å². The maximum absolute atomic E-state index is 12.2. The molecule has 1 aliphatic carbocycles. The zero-order valence-electron chi connectivity index (χ0n) is 11.5. The Labute approximate surface area is 113 Å². The van der Waals surface area contributed by atoms with Gasteiger partial charge in [-0.3, -0.25) is 0 Å². The Bertz CT molecular complexity index is 409. The van der Waals surface area contributed by atoms with Crippen LogP contribution in [-0.4, -0.2) is 31.6 Å². The van der Waals surface area contributed by atoms with Gasteiger partial charge in [-0.1, -0.05) is 18.6 Å². The maximum Gasteiger partial charge on any atom is 0.387 e. The van der Waals surface area contributed by atoms with Gasteiger partial charge in [-0.25, -0.2) is 0 Å². The molecule has 0 bridgehead atoms. The molecule has 0 unspecified atom stereocenters. The van der Waals surface area contributed by atoms with Gasteiger partial charge in [0.15, 0.2) is 0 Å². The van der Waals surface area contributed by atoms with E-state index < -0.39 is 6.61 Å². The van der Waals surface area contributed by atoms with E-state index in [1.165, 1.54) is 12.8 Å². The van der Waals surface area contributed by atoms with Crippen LogP contribution in [0.5, 0.6) is 5.75 Å². The molecule has 1 aromatic carbocycles. The Morgan fingerprint density at radius 2 is 2.05 bits per heavy atom. The summed E-state index contributed by atoms with van der Waals surface area (Å²) in [6, 6.07) is 7.74. The first-order valence-corrected chi connectivity index (χ1v) is 6.77. The van der Waals surface area contributed by atoms with Crippen LogP contribution in [0.1, 0.15) is 37.2 Å². The van der Waals surface area contributed by atoms with Gasteiger partial charge in [0.25, 0.3) is 0 Å². The van der Waals surface area contributed by atoms with E-state index in [1.807, 2.05) is 6.07 Å². The molecule has 0 radical (unpaired) electrons. The lowest BCUT2D eigenvalue weighted by Crippen LogP contribution is -2.32. The molecule has 0 aliphatic heterocycles. The second-order valence-corrected chi connectivity index (χ2v) is 5.43. The normalized spacial score (nSPS) is 23.9. The third-order valence-electron chi connectivity index (χ3n) is 3.93. The van der Waals surface area contributed by atoms with Gasteiger partial charge in [0.2, 0.25) is 0 Å². The lowest BCUT2D eigenvalue weighted by Gasteiger charge is -2.33. The van der Waals surface area contributed by atoms with Gasteiger partial charge in [-0.2, -0.15) is 8.78 Å². The molecule has 0 spiro atoms. The molecule has 2 nitrogen and oxygen atoms in total. The highest BCUT2D eigenvalue weighted by atomic mass is 19.3. The van der Waals surface area contributed by atoms with Crippen LogP contribution in [0.2, 0.25) is 0 Å². The number of ether oxygens (including phenoxy) is 1. The van der Waals surface area contributed by atoms with Gasteiger partial charge in [0, 0.05) is 6.04 Å². The van der Waals surface area contributed by atoms with Crippen LogP contribution >= 0.6 is 0 Å². The van der Waals surface area contributed by atoms with E-state index in [-0.39, 0.29) is 5.75 Å². The Morgan fingerprint density at radius 1 is 1.26 bits per heavy atom. The number of alkyl halides is 2. The summed E-state index contributed by atoms with van der Waals surface area (Å²) in [6.07, 6.45) is 4.62. The average Bonchev–Trinajstić information content (AvgIpc) is 2.38. The van der Waals surface area contributed by atoms with E-state index in [0.717, 1.165) is 18.4 Å². The summed E-state index contributed by atoms with van der Waals surface area (Å²) in [5, 5.41) is 0. The van der Waals surface area contributed by atoms with E-state index in [0.29, 0.717) is 12.0 Å². The van der Waals surface area contributed by atoms with Crippen molar-refractivity contribution in [2.45, 2.75) is 44.3 Å². The molecule has 19 heavy (non-hydrogen) atoms. The second-order valence-electron chi connectivity index (χ2n) is 5.43. The Morgan fingerprint density at radius 3 is 2.74 bits per heavy atom. The van der Waals surface area contributed by atoms with Crippen LogP contribution < -0.4 is 4.74 Å². The minimum atomic E-state index is -2.75. The first kappa shape index (κ1) is 14.3. The zero-order valence-corrected chi connectivity index (χ0v) is 11.5. The molecule has 2 rings (SSSR count). The number of hydrogen-bond donors (Lipinski definition) is 0. The molecule has 0 amide bonds. The van der Waals surface area contributed by atoms with Crippen LogP contribution in [-0.2, 0) is 0 Å². The highest BCUT2D eigenvalue weighted by Crippen LogP contribution is 2.35. The summed E-state index contributed by atoms with van der Waals surface area (Å²) >= 11 is 0. The van der Waals surface area contributed by atoms with Crippen LogP contribution in [0.15, 0.2) is 24.3 Å². The molecule has 1 aliphatic rings. The molecule has 0 N–H and O–H groups in total. The average molecular weight is 269 g/mol. The number of halogens is 2. The van der Waals surface area contributed by atoms with E-state index in [4.69, 9.17) is 0 Å². The molecule has 1 aromatic rings. The van der Waals surface area contributed by atoms with Crippen molar-refractivity contribution in [3.05, 3.63) is 29.8 Å². The van der Waals surface area contributed by atoms with Gasteiger partial charge in [0.1, 0.15) is 5.75 Å². The minimum Gasteiger partial charge on any atom is -0.435 e. The van der Waals surface area contributed by atoms with Crippen LogP contribution in [0.4, 0.5) is 8.78 Å². The maximum atomic E-state index is 12.2.